The molecule has 1 fully saturated rings. The van der Waals surface area contributed by atoms with Crippen LogP contribution in [0.15, 0.2) is 63.8 Å². The molecule has 0 amide bonds. The summed E-state index contributed by atoms with van der Waals surface area (Å²) in [5.74, 6) is -0.289. The van der Waals surface area contributed by atoms with Crippen LogP contribution in [0.25, 0.3) is 5.57 Å². The second kappa shape index (κ2) is 8.14. The van der Waals surface area contributed by atoms with Crippen molar-refractivity contribution in [3.05, 3.63) is 59.1 Å². The molecule has 5 N–H and O–H groups in total. The lowest BCUT2D eigenvalue weighted by Crippen LogP contribution is -2.57. The fourth-order valence-electron chi connectivity index (χ4n) is 3.39. The minimum Gasteiger partial charge on any atom is -0.383 e. The highest BCUT2D eigenvalue weighted by atomic mass is 35.5. The summed E-state index contributed by atoms with van der Waals surface area (Å²) in [7, 11) is 0. The van der Waals surface area contributed by atoms with Gasteiger partial charge in [-0.05, 0) is 43.0 Å². The van der Waals surface area contributed by atoms with Crippen LogP contribution in [-0.4, -0.2) is 39.7 Å². The molecule has 10 heteroatoms. The minimum atomic E-state index is -1.55. The van der Waals surface area contributed by atoms with E-state index < -0.39 is 5.91 Å². The van der Waals surface area contributed by atoms with Gasteiger partial charge >= 0.3 is 5.91 Å². The van der Waals surface area contributed by atoms with Crippen LogP contribution in [0.1, 0.15) is 24.8 Å². The fourth-order valence-corrected chi connectivity index (χ4v) is 3.52. The largest absolute Gasteiger partial charge is 0.383 e. The molecule has 0 saturated carbocycles. The van der Waals surface area contributed by atoms with Gasteiger partial charge < -0.3 is 16.0 Å². The third-order valence-corrected chi connectivity index (χ3v) is 4.99. The van der Waals surface area contributed by atoms with Gasteiger partial charge in [0.2, 0.25) is 0 Å². The molecule has 1 unspecified atom stereocenters. The Morgan fingerprint density at radius 2 is 1.76 bits per heavy atom. The summed E-state index contributed by atoms with van der Waals surface area (Å²) in [6.07, 6.45) is 6.53. The molecule has 9 nitrogen and oxygen atoms in total. The van der Waals surface area contributed by atoms with Crippen LogP contribution in [0.3, 0.4) is 0 Å². The Kier molecular flexibility index (Phi) is 5.41. The summed E-state index contributed by atoms with van der Waals surface area (Å²) < 4.78 is 0. The van der Waals surface area contributed by atoms with Crippen molar-refractivity contribution in [2.75, 3.05) is 13.1 Å². The number of amidine groups is 1. The first-order valence-electron chi connectivity index (χ1n) is 9.42. The van der Waals surface area contributed by atoms with Crippen LogP contribution >= 0.6 is 11.6 Å². The number of rotatable bonds is 4. The van der Waals surface area contributed by atoms with Gasteiger partial charge in [0.05, 0.1) is 5.57 Å². The molecule has 2 aliphatic rings. The maximum Gasteiger partial charge on any atom is 0.305 e. The Morgan fingerprint density at radius 3 is 2.45 bits per heavy atom. The van der Waals surface area contributed by atoms with Gasteiger partial charge in [-0.1, -0.05) is 23.7 Å². The number of aliphatic imine (C=N–C) groups is 1. The molecule has 2 aromatic rings. The quantitative estimate of drug-likeness (QED) is 0.663. The highest BCUT2D eigenvalue weighted by molar-refractivity contribution is 6.30. The smallest absolute Gasteiger partial charge is 0.305 e. The monoisotopic (exact) mass is 411 g/mol. The summed E-state index contributed by atoms with van der Waals surface area (Å²) >= 11 is 6.05. The molecule has 1 aromatic carbocycles. The number of halogens is 1. The zero-order valence-corrected chi connectivity index (χ0v) is 16.5. The number of hydrogen-bond acceptors (Lipinski definition) is 9. The summed E-state index contributed by atoms with van der Waals surface area (Å²) in [4.78, 5) is 14.7. The van der Waals surface area contributed by atoms with Crippen LogP contribution in [0.5, 0.6) is 0 Å². The second-order valence-electron chi connectivity index (χ2n) is 6.88. The number of aromatic nitrogens is 2. The predicted molar refractivity (Wildman–Crippen MR) is 112 cm³/mol. The Hall–Kier alpha value is -3.04. The molecule has 1 atom stereocenters. The number of nitrogens with two attached hydrogens (primary N) is 2. The van der Waals surface area contributed by atoms with Gasteiger partial charge in [0, 0.05) is 30.5 Å². The Bertz CT molecular complexity index is 949. The zero-order valence-electron chi connectivity index (χ0n) is 15.8. The van der Waals surface area contributed by atoms with Crippen molar-refractivity contribution in [2.45, 2.75) is 25.2 Å². The molecule has 29 heavy (non-hydrogen) atoms. The van der Waals surface area contributed by atoms with Crippen molar-refractivity contribution in [3.63, 3.8) is 0 Å². The van der Waals surface area contributed by atoms with E-state index in [9.17, 15) is 0 Å². The topological polar surface area (TPSA) is 130 Å². The van der Waals surface area contributed by atoms with Crippen LogP contribution in [0.4, 0.5) is 5.95 Å². The van der Waals surface area contributed by atoms with Crippen molar-refractivity contribution in [2.24, 2.45) is 26.7 Å². The highest BCUT2D eigenvalue weighted by Gasteiger charge is 2.35. The van der Waals surface area contributed by atoms with E-state index in [2.05, 4.69) is 35.4 Å². The molecule has 0 spiro atoms. The molecule has 4 rings (SSSR count). The van der Waals surface area contributed by atoms with E-state index in [1.807, 2.05) is 24.3 Å². The van der Waals surface area contributed by atoms with Crippen molar-refractivity contribution in [1.82, 2.24) is 20.2 Å². The van der Waals surface area contributed by atoms with Gasteiger partial charge in [0.1, 0.15) is 11.7 Å². The SMILES string of the molecule is NC1=NC(N)(N=Nc2ncccn2)NC(N2CCCCC2)=C1c1ccc(Cl)cc1. The number of hydrogen-bond donors (Lipinski definition) is 3. The van der Waals surface area contributed by atoms with Crippen LogP contribution in [-0.2, 0) is 0 Å². The number of nitrogens with one attached hydrogen (secondary N) is 1. The molecule has 0 aliphatic carbocycles. The van der Waals surface area contributed by atoms with E-state index in [1.165, 1.54) is 6.42 Å². The predicted octanol–water partition coefficient (Wildman–Crippen LogP) is 2.60. The van der Waals surface area contributed by atoms with E-state index in [-0.39, 0.29) is 11.8 Å². The van der Waals surface area contributed by atoms with Crippen molar-refractivity contribution < 1.29 is 0 Å². The standard InChI is InChI=1S/C19H22ClN9/c20-14-7-5-13(6-8-14)15-16(21)25-19(22,28-27-18-23-9-4-10-24-18)26-17(15)29-11-2-1-3-12-29/h4-10,26H,1-3,11-12,22H2,(H2,21,25). The normalized spacial score (nSPS) is 22.6. The van der Waals surface area contributed by atoms with Crippen LogP contribution in [0.2, 0.25) is 5.02 Å². The molecule has 1 saturated heterocycles. The maximum atomic E-state index is 6.38. The summed E-state index contributed by atoms with van der Waals surface area (Å²) in [5.41, 5.74) is 14.4. The second-order valence-corrected chi connectivity index (χ2v) is 7.31. The van der Waals surface area contributed by atoms with E-state index >= 15 is 0 Å². The van der Waals surface area contributed by atoms with Gasteiger partial charge in [0.25, 0.3) is 5.95 Å². The number of nitrogens with zero attached hydrogens (tertiary/aromatic N) is 6. The lowest BCUT2D eigenvalue weighted by atomic mass is 10.0. The van der Waals surface area contributed by atoms with Gasteiger partial charge in [-0.25, -0.2) is 15.0 Å². The average Bonchev–Trinajstić information content (AvgIpc) is 2.74. The zero-order chi connectivity index (χ0) is 20.3. The highest BCUT2D eigenvalue weighted by Crippen LogP contribution is 2.29. The molecule has 0 bridgehead atoms. The Morgan fingerprint density at radius 1 is 1.07 bits per heavy atom. The average molecular weight is 412 g/mol. The summed E-state index contributed by atoms with van der Waals surface area (Å²) in [6.45, 7) is 1.78. The van der Waals surface area contributed by atoms with E-state index in [4.69, 9.17) is 23.1 Å². The maximum absolute atomic E-state index is 6.38. The number of azo groups is 1. The number of benzene rings is 1. The van der Waals surface area contributed by atoms with Gasteiger partial charge in [0.15, 0.2) is 0 Å². The van der Waals surface area contributed by atoms with Crippen molar-refractivity contribution in [1.29, 1.82) is 0 Å². The van der Waals surface area contributed by atoms with Crippen LogP contribution < -0.4 is 16.8 Å². The first-order chi connectivity index (χ1) is 14.0. The van der Waals surface area contributed by atoms with Crippen LogP contribution in [0, 0.1) is 0 Å². The number of likely N-dealkylation sites (tertiary alicyclic amines) is 1. The van der Waals surface area contributed by atoms with E-state index in [0.29, 0.717) is 5.02 Å². The van der Waals surface area contributed by atoms with E-state index in [1.54, 1.807) is 18.5 Å². The molecule has 3 heterocycles. The minimum absolute atomic E-state index is 0.194. The molecule has 2 aliphatic heterocycles. The fraction of sp³-hybridized carbons (Fsp3) is 0.316. The first kappa shape index (κ1) is 19.3. The lowest BCUT2D eigenvalue weighted by Gasteiger charge is -2.38. The molecule has 150 valence electrons. The first-order valence-corrected chi connectivity index (χ1v) is 9.80. The summed E-state index contributed by atoms with van der Waals surface area (Å²) in [5, 5.41) is 12.0. The third kappa shape index (κ3) is 4.36. The molecule has 1 aromatic heterocycles. The lowest BCUT2D eigenvalue weighted by molar-refractivity contribution is 0.236. The van der Waals surface area contributed by atoms with Gasteiger partial charge in [-0.15, -0.1) is 10.2 Å². The molecule has 0 radical (unpaired) electrons. The van der Waals surface area contributed by atoms with Gasteiger partial charge in [-0.3, -0.25) is 5.73 Å². The van der Waals surface area contributed by atoms with Crippen molar-refractivity contribution >= 4 is 29.0 Å². The Balaban J connectivity index is 1.72. The molecular formula is C19H22ClN9. The Labute approximate surface area is 173 Å². The number of piperidine rings is 1. The van der Waals surface area contributed by atoms with Crippen molar-refractivity contribution in [3.8, 4) is 0 Å². The summed E-state index contributed by atoms with van der Waals surface area (Å²) in [6, 6.07) is 9.16. The molecular weight excluding hydrogens is 390 g/mol. The van der Waals surface area contributed by atoms with E-state index in [0.717, 1.165) is 42.9 Å². The third-order valence-electron chi connectivity index (χ3n) is 4.74. The van der Waals surface area contributed by atoms with Gasteiger partial charge in [-0.2, -0.15) is 0 Å².